The van der Waals surface area contributed by atoms with Crippen molar-refractivity contribution >= 4 is 11.6 Å². The van der Waals surface area contributed by atoms with Gasteiger partial charge in [0.25, 0.3) is 5.91 Å². The molecule has 4 heteroatoms. The zero-order chi connectivity index (χ0) is 18.4. The molecule has 2 aromatic rings. The first-order valence-electron chi connectivity index (χ1n) is 8.69. The van der Waals surface area contributed by atoms with E-state index >= 15 is 0 Å². The predicted molar refractivity (Wildman–Crippen MR) is 102 cm³/mol. The Morgan fingerprint density at radius 1 is 1.04 bits per heavy atom. The van der Waals surface area contributed by atoms with Crippen LogP contribution in [0.3, 0.4) is 0 Å². The van der Waals surface area contributed by atoms with Crippen molar-refractivity contribution in [3.8, 4) is 11.5 Å². The van der Waals surface area contributed by atoms with E-state index in [4.69, 9.17) is 9.47 Å². The summed E-state index contributed by atoms with van der Waals surface area (Å²) in [6, 6.07) is 11.3. The highest BCUT2D eigenvalue weighted by Crippen LogP contribution is 2.29. The third-order valence-corrected chi connectivity index (χ3v) is 3.72. The topological polar surface area (TPSA) is 47.6 Å². The summed E-state index contributed by atoms with van der Waals surface area (Å²) in [4.78, 5) is 12.6. The lowest BCUT2D eigenvalue weighted by molar-refractivity contribution is 0.102. The zero-order valence-corrected chi connectivity index (χ0v) is 15.7. The smallest absolute Gasteiger partial charge is 0.255 e. The zero-order valence-electron chi connectivity index (χ0n) is 15.7. The number of hydrogen-bond acceptors (Lipinski definition) is 3. The van der Waals surface area contributed by atoms with E-state index in [-0.39, 0.29) is 5.91 Å². The number of rotatable bonds is 7. The van der Waals surface area contributed by atoms with Crippen molar-refractivity contribution in [2.45, 2.75) is 34.6 Å². The minimum atomic E-state index is -0.162. The van der Waals surface area contributed by atoms with Crippen LogP contribution in [0.1, 0.15) is 42.3 Å². The standard InChI is InChI=1S/C21H27NO3/c1-6-24-20-12-17(9-10-19(20)25-13-14(2)3)21(23)22-18-11-15(4)7-8-16(18)5/h7-12,14H,6,13H2,1-5H3,(H,22,23). The van der Waals surface area contributed by atoms with Crippen molar-refractivity contribution in [1.29, 1.82) is 0 Å². The summed E-state index contributed by atoms with van der Waals surface area (Å²) in [6.45, 7) is 11.2. The summed E-state index contributed by atoms with van der Waals surface area (Å²) >= 11 is 0. The Bertz CT molecular complexity index is 738. The maximum absolute atomic E-state index is 12.6. The van der Waals surface area contributed by atoms with E-state index in [9.17, 15) is 4.79 Å². The van der Waals surface area contributed by atoms with Gasteiger partial charge in [-0.1, -0.05) is 26.0 Å². The molecule has 1 N–H and O–H groups in total. The van der Waals surface area contributed by atoms with Crippen LogP contribution in [-0.4, -0.2) is 19.1 Å². The molecule has 4 nitrogen and oxygen atoms in total. The SMILES string of the molecule is CCOc1cc(C(=O)Nc2cc(C)ccc2C)ccc1OCC(C)C. The molecule has 0 heterocycles. The second-order valence-corrected chi connectivity index (χ2v) is 6.57. The van der Waals surface area contributed by atoms with Gasteiger partial charge in [0, 0.05) is 11.3 Å². The van der Waals surface area contributed by atoms with Gasteiger partial charge in [0.15, 0.2) is 11.5 Å². The Kier molecular flexibility index (Phi) is 6.45. The van der Waals surface area contributed by atoms with Gasteiger partial charge in [-0.05, 0) is 62.1 Å². The van der Waals surface area contributed by atoms with Gasteiger partial charge < -0.3 is 14.8 Å². The molecule has 0 aliphatic heterocycles. The molecule has 0 bridgehead atoms. The van der Waals surface area contributed by atoms with Gasteiger partial charge in [-0.2, -0.15) is 0 Å². The largest absolute Gasteiger partial charge is 0.490 e. The summed E-state index contributed by atoms with van der Waals surface area (Å²) in [7, 11) is 0. The summed E-state index contributed by atoms with van der Waals surface area (Å²) < 4.78 is 11.4. The number of carbonyl (C=O) groups is 1. The fourth-order valence-corrected chi connectivity index (χ4v) is 2.36. The van der Waals surface area contributed by atoms with Crippen molar-refractivity contribution in [3.63, 3.8) is 0 Å². The number of nitrogens with one attached hydrogen (secondary N) is 1. The summed E-state index contributed by atoms with van der Waals surface area (Å²) in [5.41, 5.74) is 3.50. The van der Waals surface area contributed by atoms with Crippen molar-refractivity contribution in [2.24, 2.45) is 5.92 Å². The lowest BCUT2D eigenvalue weighted by Crippen LogP contribution is -2.13. The van der Waals surface area contributed by atoms with Gasteiger partial charge in [-0.15, -0.1) is 0 Å². The molecule has 0 fully saturated rings. The first kappa shape index (κ1) is 18.8. The second-order valence-electron chi connectivity index (χ2n) is 6.57. The highest BCUT2D eigenvalue weighted by molar-refractivity contribution is 6.05. The minimum Gasteiger partial charge on any atom is -0.490 e. The molecule has 0 radical (unpaired) electrons. The predicted octanol–water partition coefficient (Wildman–Crippen LogP) is 4.99. The quantitative estimate of drug-likeness (QED) is 0.772. The van der Waals surface area contributed by atoms with Gasteiger partial charge >= 0.3 is 0 Å². The highest BCUT2D eigenvalue weighted by Gasteiger charge is 2.13. The average molecular weight is 341 g/mol. The van der Waals surface area contributed by atoms with Crippen LogP contribution in [0.4, 0.5) is 5.69 Å². The van der Waals surface area contributed by atoms with E-state index in [1.165, 1.54) is 0 Å². The lowest BCUT2D eigenvalue weighted by Gasteiger charge is -2.15. The number of aryl methyl sites for hydroxylation is 2. The normalized spacial score (nSPS) is 10.6. The van der Waals surface area contributed by atoms with Crippen LogP contribution in [0, 0.1) is 19.8 Å². The van der Waals surface area contributed by atoms with Crippen LogP contribution >= 0.6 is 0 Å². The van der Waals surface area contributed by atoms with Crippen LogP contribution in [0.25, 0.3) is 0 Å². The van der Waals surface area contributed by atoms with Gasteiger partial charge in [0.1, 0.15) is 0 Å². The molecule has 0 atom stereocenters. The Hall–Kier alpha value is -2.49. The fraction of sp³-hybridized carbons (Fsp3) is 0.381. The molecule has 0 aliphatic rings. The fourth-order valence-electron chi connectivity index (χ4n) is 2.36. The van der Waals surface area contributed by atoms with Gasteiger partial charge in [-0.3, -0.25) is 4.79 Å². The Morgan fingerprint density at radius 3 is 2.48 bits per heavy atom. The summed E-state index contributed by atoms with van der Waals surface area (Å²) in [6.07, 6.45) is 0. The van der Waals surface area contributed by atoms with Crippen LogP contribution in [0.2, 0.25) is 0 Å². The Labute approximate surface area is 150 Å². The van der Waals surface area contributed by atoms with Gasteiger partial charge in [0.05, 0.1) is 13.2 Å². The Morgan fingerprint density at radius 2 is 1.80 bits per heavy atom. The van der Waals surface area contributed by atoms with Gasteiger partial charge in [-0.25, -0.2) is 0 Å². The molecule has 0 aromatic heterocycles. The van der Waals surface area contributed by atoms with Crippen molar-refractivity contribution < 1.29 is 14.3 Å². The number of hydrogen-bond donors (Lipinski definition) is 1. The van der Waals surface area contributed by atoms with E-state index in [0.717, 1.165) is 16.8 Å². The molecule has 0 spiro atoms. The highest BCUT2D eigenvalue weighted by atomic mass is 16.5. The first-order chi connectivity index (χ1) is 11.9. The van der Waals surface area contributed by atoms with Crippen LogP contribution < -0.4 is 14.8 Å². The number of ether oxygens (including phenoxy) is 2. The molecular weight excluding hydrogens is 314 g/mol. The third-order valence-electron chi connectivity index (χ3n) is 3.72. The van der Waals surface area contributed by atoms with E-state index in [1.54, 1.807) is 18.2 Å². The van der Waals surface area contributed by atoms with Crippen LogP contribution in [0.5, 0.6) is 11.5 Å². The van der Waals surface area contributed by atoms with Crippen LogP contribution in [0.15, 0.2) is 36.4 Å². The van der Waals surface area contributed by atoms with Crippen molar-refractivity contribution in [1.82, 2.24) is 0 Å². The lowest BCUT2D eigenvalue weighted by atomic mass is 10.1. The molecule has 0 unspecified atom stereocenters. The molecular formula is C21H27NO3. The maximum atomic E-state index is 12.6. The molecule has 2 rings (SSSR count). The molecule has 25 heavy (non-hydrogen) atoms. The number of amides is 1. The Balaban J connectivity index is 2.21. The van der Waals surface area contributed by atoms with Crippen molar-refractivity contribution in [3.05, 3.63) is 53.1 Å². The molecule has 1 amide bonds. The second kappa shape index (κ2) is 8.56. The average Bonchev–Trinajstić information content (AvgIpc) is 2.57. The van der Waals surface area contributed by atoms with E-state index in [1.807, 2.05) is 39.0 Å². The van der Waals surface area contributed by atoms with Crippen LogP contribution in [-0.2, 0) is 0 Å². The third kappa shape index (κ3) is 5.24. The molecule has 2 aromatic carbocycles. The van der Waals surface area contributed by atoms with E-state index < -0.39 is 0 Å². The monoisotopic (exact) mass is 341 g/mol. The van der Waals surface area contributed by atoms with E-state index in [0.29, 0.717) is 36.2 Å². The first-order valence-corrected chi connectivity index (χ1v) is 8.69. The summed E-state index contributed by atoms with van der Waals surface area (Å²) in [5, 5.41) is 2.97. The number of carbonyl (C=O) groups excluding carboxylic acids is 1. The van der Waals surface area contributed by atoms with Gasteiger partial charge in [0.2, 0.25) is 0 Å². The van der Waals surface area contributed by atoms with Crippen molar-refractivity contribution in [2.75, 3.05) is 18.5 Å². The molecule has 0 saturated carbocycles. The summed E-state index contributed by atoms with van der Waals surface area (Å²) in [5.74, 6) is 1.52. The molecule has 0 aliphatic carbocycles. The molecule has 134 valence electrons. The van der Waals surface area contributed by atoms with E-state index in [2.05, 4.69) is 19.2 Å². The number of anilines is 1. The number of benzene rings is 2. The maximum Gasteiger partial charge on any atom is 0.255 e. The minimum absolute atomic E-state index is 0.162. The molecule has 0 saturated heterocycles.